The molecule has 1 aromatic rings. The lowest BCUT2D eigenvalue weighted by molar-refractivity contribution is 0.149. The minimum Gasteiger partial charge on any atom is -0.468 e. The number of likely N-dealkylation sites (N-methyl/N-ethyl adjacent to an activating group) is 1. The molecule has 1 heterocycles. The number of ether oxygens (including phenoxy) is 1. The molecule has 0 radical (unpaired) electrons. The van der Waals surface area contributed by atoms with Gasteiger partial charge in [0.1, 0.15) is 5.76 Å². The highest BCUT2D eigenvalue weighted by Gasteiger charge is 2.31. The topological polar surface area (TPSA) is 37.6 Å². The highest BCUT2D eigenvalue weighted by molar-refractivity contribution is 5.05. The zero-order chi connectivity index (χ0) is 13.0. The summed E-state index contributed by atoms with van der Waals surface area (Å²) in [6.07, 6.45) is 4.39. The summed E-state index contributed by atoms with van der Waals surface area (Å²) in [6, 6.07) is 4.74. The van der Waals surface area contributed by atoms with E-state index in [0.717, 1.165) is 24.8 Å². The van der Waals surface area contributed by atoms with E-state index in [-0.39, 0.29) is 6.04 Å². The minimum atomic E-state index is 0.276. The molecule has 102 valence electrons. The van der Waals surface area contributed by atoms with Crippen LogP contribution in [-0.4, -0.2) is 45.3 Å². The molecule has 1 fully saturated rings. The van der Waals surface area contributed by atoms with Crippen LogP contribution in [0.3, 0.4) is 0 Å². The van der Waals surface area contributed by atoms with Gasteiger partial charge in [-0.15, -0.1) is 0 Å². The van der Waals surface area contributed by atoms with E-state index < -0.39 is 0 Å². The van der Waals surface area contributed by atoms with Gasteiger partial charge in [-0.3, -0.25) is 4.90 Å². The lowest BCUT2D eigenvalue weighted by atomic mass is 10.1. The summed E-state index contributed by atoms with van der Waals surface area (Å²) < 4.78 is 10.8. The smallest absolute Gasteiger partial charge is 0.122 e. The average molecular weight is 252 g/mol. The minimum absolute atomic E-state index is 0.276. The van der Waals surface area contributed by atoms with Crippen molar-refractivity contribution < 1.29 is 9.15 Å². The van der Waals surface area contributed by atoms with Crippen LogP contribution in [0.15, 0.2) is 22.8 Å². The SMILES string of the molecule is COCC(NCC(c1ccco1)N(C)C)C1CC1. The first kappa shape index (κ1) is 13.6. The Kier molecular flexibility index (Phi) is 4.80. The van der Waals surface area contributed by atoms with Gasteiger partial charge in [0.2, 0.25) is 0 Å². The Morgan fingerprint density at radius 1 is 1.50 bits per heavy atom. The molecule has 2 rings (SSSR count). The number of nitrogens with one attached hydrogen (secondary N) is 1. The van der Waals surface area contributed by atoms with Gasteiger partial charge in [0.05, 0.1) is 18.9 Å². The normalized spacial score (nSPS) is 19.1. The first-order valence-electron chi connectivity index (χ1n) is 6.64. The number of nitrogens with zero attached hydrogens (tertiary/aromatic N) is 1. The second-order valence-corrected chi connectivity index (χ2v) is 5.30. The Labute approximate surface area is 109 Å². The zero-order valence-corrected chi connectivity index (χ0v) is 11.6. The maximum atomic E-state index is 5.51. The van der Waals surface area contributed by atoms with Gasteiger partial charge in [0, 0.05) is 19.7 Å². The van der Waals surface area contributed by atoms with Gasteiger partial charge in [0.15, 0.2) is 0 Å². The van der Waals surface area contributed by atoms with Gasteiger partial charge >= 0.3 is 0 Å². The summed E-state index contributed by atoms with van der Waals surface area (Å²) in [5.74, 6) is 1.81. The predicted octanol–water partition coefficient (Wildman–Crippen LogP) is 1.90. The Morgan fingerprint density at radius 2 is 2.28 bits per heavy atom. The van der Waals surface area contributed by atoms with Crippen molar-refractivity contribution in [2.45, 2.75) is 24.9 Å². The van der Waals surface area contributed by atoms with Crippen molar-refractivity contribution in [2.75, 3.05) is 34.4 Å². The van der Waals surface area contributed by atoms with Crippen LogP contribution in [0.5, 0.6) is 0 Å². The van der Waals surface area contributed by atoms with Gasteiger partial charge < -0.3 is 14.5 Å². The highest BCUT2D eigenvalue weighted by atomic mass is 16.5. The average Bonchev–Trinajstić information content (AvgIpc) is 3.05. The summed E-state index contributed by atoms with van der Waals surface area (Å²) >= 11 is 0. The molecule has 1 N–H and O–H groups in total. The van der Waals surface area contributed by atoms with Crippen LogP contribution in [-0.2, 0) is 4.74 Å². The summed E-state index contributed by atoms with van der Waals surface area (Å²) in [5.41, 5.74) is 0. The van der Waals surface area contributed by atoms with Crippen molar-refractivity contribution in [3.63, 3.8) is 0 Å². The fourth-order valence-corrected chi connectivity index (χ4v) is 2.32. The van der Waals surface area contributed by atoms with Crippen LogP contribution in [0, 0.1) is 5.92 Å². The molecule has 2 unspecified atom stereocenters. The third kappa shape index (κ3) is 3.57. The second-order valence-electron chi connectivity index (χ2n) is 5.30. The van der Waals surface area contributed by atoms with Crippen LogP contribution in [0.25, 0.3) is 0 Å². The van der Waals surface area contributed by atoms with E-state index in [9.17, 15) is 0 Å². The van der Waals surface area contributed by atoms with E-state index >= 15 is 0 Å². The molecule has 0 amide bonds. The summed E-state index contributed by atoms with van der Waals surface area (Å²) in [6.45, 7) is 1.69. The predicted molar refractivity (Wildman–Crippen MR) is 71.5 cm³/mol. The van der Waals surface area contributed by atoms with Gasteiger partial charge in [0.25, 0.3) is 0 Å². The van der Waals surface area contributed by atoms with Crippen molar-refractivity contribution in [2.24, 2.45) is 5.92 Å². The van der Waals surface area contributed by atoms with Gasteiger partial charge in [-0.25, -0.2) is 0 Å². The van der Waals surface area contributed by atoms with Crippen LogP contribution in [0.1, 0.15) is 24.6 Å². The lowest BCUT2D eigenvalue weighted by Gasteiger charge is -2.26. The first-order chi connectivity index (χ1) is 8.72. The van der Waals surface area contributed by atoms with Crippen molar-refractivity contribution in [1.82, 2.24) is 10.2 Å². The second kappa shape index (κ2) is 6.36. The maximum absolute atomic E-state index is 5.51. The Balaban J connectivity index is 1.88. The summed E-state index contributed by atoms with van der Waals surface area (Å²) in [4.78, 5) is 2.18. The van der Waals surface area contributed by atoms with Gasteiger partial charge in [-0.2, -0.15) is 0 Å². The van der Waals surface area contributed by atoms with Crippen LogP contribution >= 0.6 is 0 Å². The molecule has 4 nitrogen and oxygen atoms in total. The van der Waals surface area contributed by atoms with E-state index in [0.29, 0.717) is 6.04 Å². The fraction of sp³-hybridized carbons (Fsp3) is 0.714. The molecule has 0 bridgehead atoms. The Morgan fingerprint density at radius 3 is 2.78 bits per heavy atom. The van der Waals surface area contributed by atoms with E-state index in [1.54, 1.807) is 13.4 Å². The summed E-state index contributed by atoms with van der Waals surface area (Å²) in [7, 11) is 5.93. The van der Waals surface area contributed by atoms with Crippen LogP contribution < -0.4 is 5.32 Å². The monoisotopic (exact) mass is 252 g/mol. The van der Waals surface area contributed by atoms with E-state index in [4.69, 9.17) is 9.15 Å². The number of rotatable bonds is 8. The number of hydrogen-bond donors (Lipinski definition) is 1. The van der Waals surface area contributed by atoms with Crippen LogP contribution in [0.2, 0.25) is 0 Å². The highest BCUT2D eigenvalue weighted by Crippen LogP contribution is 2.33. The van der Waals surface area contributed by atoms with Gasteiger partial charge in [-0.1, -0.05) is 0 Å². The van der Waals surface area contributed by atoms with Crippen LogP contribution in [0.4, 0.5) is 0 Å². The molecule has 1 aliphatic rings. The third-order valence-electron chi connectivity index (χ3n) is 3.61. The van der Waals surface area contributed by atoms with Crippen molar-refractivity contribution in [1.29, 1.82) is 0 Å². The zero-order valence-electron chi connectivity index (χ0n) is 11.6. The molecule has 0 aliphatic heterocycles. The van der Waals surface area contributed by atoms with E-state index in [1.807, 2.05) is 12.1 Å². The molecule has 1 saturated carbocycles. The molecule has 18 heavy (non-hydrogen) atoms. The summed E-state index contributed by atoms with van der Waals surface area (Å²) in [5, 5.41) is 3.63. The largest absolute Gasteiger partial charge is 0.468 e. The van der Waals surface area contributed by atoms with Crippen molar-refractivity contribution >= 4 is 0 Å². The quantitative estimate of drug-likeness (QED) is 0.767. The lowest BCUT2D eigenvalue weighted by Crippen LogP contribution is -2.40. The molecule has 4 heteroatoms. The third-order valence-corrected chi connectivity index (χ3v) is 3.61. The van der Waals surface area contributed by atoms with Crippen molar-refractivity contribution in [3.8, 4) is 0 Å². The van der Waals surface area contributed by atoms with E-state index in [1.165, 1.54) is 12.8 Å². The number of furan rings is 1. The van der Waals surface area contributed by atoms with Crippen molar-refractivity contribution in [3.05, 3.63) is 24.2 Å². The molecular weight excluding hydrogens is 228 g/mol. The number of methoxy groups -OCH3 is 1. The first-order valence-corrected chi connectivity index (χ1v) is 6.64. The molecule has 0 aromatic carbocycles. The number of hydrogen-bond acceptors (Lipinski definition) is 4. The molecule has 2 atom stereocenters. The molecule has 1 aromatic heterocycles. The molecule has 1 aliphatic carbocycles. The Bertz CT molecular complexity index is 334. The van der Waals surface area contributed by atoms with Gasteiger partial charge in [-0.05, 0) is 45.0 Å². The molecule has 0 spiro atoms. The standard InChI is InChI=1S/C14H24N2O2/c1-16(2)13(14-5-4-8-18-14)9-15-12(10-17-3)11-6-7-11/h4-5,8,11-13,15H,6-7,9-10H2,1-3H3. The maximum Gasteiger partial charge on any atom is 0.122 e. The van der Waals surface area contributed by atoms with E-state index in [2.05, 4.69) is 24.3 Å². The Hall–Kier alpha value is -0.840. The molecular formula is C14H24N2O2. The molecule has 0 saturated heterocycles. The fourth-order valence-electron chi connectivity index (χ4n) is 2.32.